The Kier molecular flexibility index (Phi) is 8.91. The molecule has 0 aromatic heterocycles. The summed E-state index contributed by atoms with van der Waals surface area (Å²) in [5, 5.41) is 23.0. The molecule has 2 rings (SSSR count). The molecule has 0 aliphatic carbocycles. The molecule has 0 saturated heterocycles. The summed E-state index contributed by atoms with van der Waals surface area (Å²) in [6.45, 7) is 1.01. The van der Waals surface area contributed by atoms with Gasteiger partial charge >= 0.3 is 0 Å². The van der Waals surface area contributed by atoms with Crippen LogP contribution < -0.4 is 10.6 Å². The van der Waals surface area contributed by atoms with Gasteiger partial charge in [0, 0.05) is 37.4 Å². The first-order valence-electron chi connectivity index (χ1n) is 9.30. The van der Waals surface area contributed by atoms with Crippen molar-refractivity contribution < 1.29 is 19.8 Å². The van der Waals surface area contributed by atoms with Crippen LogP contribution in [0.5, 0.6) is 0 Å². The van der Waals surface area contributed by atoms with Gasteiger partial charge in [0.2, 0.25) is 0 Å². The largest absolute Gasteiger partial charge is 0.396 e. The summed E-state index contributed by atoms with van der Waals surface area (Å²) in [5.41, 5.74) is 3.06. The van der Waals surface area contributed by atoms with Crippen molar-refractivity contribution in [2.75, 3.05) is 26.3 Å². The van der Waals surface area contributed by atoms with Crippen molar-refractivity contribution in [3.8, 4) is 0 Å². The van der Waals surface area contributed by atoms with Gasteiger partial charge in [-0.1, -0.05) is 36.4 Å². The molecule has 2 aromatic carbocycles. The van der Waals surface area contributed by atoms with Crippen LogP contribution in [0.1, 0.15) is 44.7 Å². The Morgan fingerprint density at radius 1 is 0.679 bits per heavy atom. The Hall–Kier alpha value is -2.96. The second kappa shape index (κ2) is 11.7. The molecule has 6 heteroatoms. The zero-order chi connectivity index (χ0) is 20.2. The lowest BCUT2D eigenvalue weighted by Crippen LogP contribution is -2.24. The summed E-state index contributed by atoms with van der Waals surface area (Å²) in [7, 11) is 0. The number of hydrogen-bond donors (Lipinski definition) is 4. The average molecular weight is 382 g/mol. The fraction of sp³-hybridized carbons (Fsp3) is 0.273. The first-order valence-corrected chi connectivity index (χ1v) is 9.30. The van der Waals surface area contributed by atoms with E-state index >= 15 is 0 Å². The quantitative estimate of drug-likeness (QED) is 0.373. The van der Waals surface area contributed by atoms with Crippen molar-refractivity contribution in [2.24, 2.45) is 0 Å². The van der Waals surface area contributed by atoms with Crippen molar-refractivity contribution in [3.05, 3.63) is 70.8 Å². The molecule has 0 aliphatic heterocycles. The van der Waals surface area contributed by atoms with Crippen LogP contribution in [0.2, 0.25) is 0 Å². The maximum atomic E-state index is 11.9. The van der Waals surface area contributed by atoms with E-state index < -0.39 is 0 Å². The van der Waals surface area contributed by atoms with Crippen LogP contribution in [0, 0.1) is 0 Å². The maximum absolute atomic E-state index is 11.9. The number of carbonyl (C=O) groups is 2. The summed E-state index contributed by atoms with van der Waals surface area (Å²) in [4.78, 5) is 23.8. The van der Waals surface area contributed by atoms with Gasteiger partial charge in [0.15, 0.2) is 0 Å². The zero-order valence-corrected chi connectivity index (χ0v) is 15.7. The molecule has 0 aliphatic rings. The highest BCUT2D eigenvalue weighted by Crippen LogP contribution is 2.11. The zero-order valence-electron chi connectivity index (χ0n) is 15.7. The maximum Gasteiger partial charge on any atom is 0.251 e. The normalized spacial score (nSPS) is 10.8. The van der Waals surface area contributed by atoms with Crippen molar-refractivity contribution >= 4 is 24.0 Å². The predicted octanol–water partition coefficient (Wildman–Crippen LogP) is 2.08. The van der Waals surface area contributed by atoms with Crippen LogP contribution in [0.4, 0.5) is 0 Å². The Bertz CT molecular complexity index is 716. The molecule has 2 amide bonds. The molecular formula is C22H26N2O4. The highest BCUT2D eigenvalue weighted by atomic mass is 16.3. The predicted molar refractivity (Wildman–Crippen MR) is 110 cm³/mol. The number of aliphatic hydroxyl groups is 2. The minimum Gasteiger partial charge on any atom is -0.396 e. The van der Waals surface area contributed by atoms with E-state index in [2.05, 4.69) is 10.6 Å². The van der Waals surface area contributed by atoms with Gasteiger partial charge in [-0.15, -0.1) is 0 Å². The molecule has 0 fully saturated rings. The molecule has 0 spiro atoms. The topological polar surface area (TPSA) is 98.7 Å². The van der Waals surface area contributed by atoms with Crippen LogP contribution in [0.15, 0.2) is 48.5 Å². The number of rotatable bonds is 10. The SMILES string of the molecule is O=C(NCCCO)c1ccc(C=Cc2ccc(C(=O)NCCCO)cc2)cc1. The Morgan fingerprint density at radius 3 is 1.36 bits per heavy atom. The highest BCUT2D eigenvalue weighted by Gasteiger charge is 2.05. The van der Waals surface area contributed by atoms with E-state index in [-0.39, 0.29) is 25.0 Å². The monoisotopic (exact) mass is 382 g/mol. The van der Waals surface area contributed by atoms with Gasteiger partial charge in [0.1, 0.15) is 0 Å². The first-order chi connectivity index (χ1) is 13.6. The third-order valence-corrected chi connectivity index (χ3v) is 4.05. The fourth-order valence-corrected chi connectivity index (χ4v) is 2.45. The van der Waals surface area contributed by atoms with E-state index in [1.165, 1.54) is 0 Å². The molecule has 2 aromatic rings. The van der Waals surface area contributed by atoms with Crippen molar-refractivity contribution in [1.29, 1.82) is 0 Å². The standard InChI is InChI=1S/C22H26N2O4/c25-15-1-13-23-21(27)19-9-5-17(6-10-19)3-4-18-7-11-20(12-8-18)22(28)24-14-2-16-26/h3-12,25-26H,1-2,13-16H2,(H,23,27)(H,24,28). The van der Waals surface area contributed by atoms with Gasteiger partial charge in [-0.25, -0.2) is 0 Å². The van der Waals surface area contributed by atoms with Gasteiger partial charge in [-0.3, -0.25) is 9.59 Å². The smallest absolute Gasteiger partial charge is 0.251 e. The summed E-state index contributed by atoms with van der Waals surface area (Å²) < 4.78 is 0. The number of benzene rings is 2. The lowest BCUT2D eigenvalue weighted by atomic mass is 10.1. The molecular weight excluding hydrogens is 356 g/mol. The third-order valence-electron chi connectivity index (χ3n) is 4.05. The van der Waals surface area contributed by atoms with E-state index in [1.807, 2.05) is 36.4 Å². The van der Waals surface area contributed by atoms with E-state index in [9.17, 15) is 9.59 Å². The van der Waals surface area contributed by atoms with Gasteiger partial charge in [-0.05, 0) is 48.2 Å². The van der Waals surface area contributed by atoms with E-state index in [4.69, 9.17) is 10.2 Å². The fourth-order valence-electron chi connectivity index (χ4n) is 2.45. The number of nitrogens with one attached hydrogen (secondary N) is 2. The van der Waals surface area contributed by atoms with Crippen LogP contribution in [0.3, 0.4) is 0 Å². The molecule has 0 unspecified atom stereocenters. The molecule has 148 valence electrons. The minimum absolute atomic E-state index is 0.0549. The molecule has 0 bridgehead atoms. The Morgan fingerprint density at radius 2 is 1.04 bits per heavy atom. The highest BCUT2D eigenvalue weighted by molar-refractivity contribution is 5.95. The minimum atomic E-state index is -0.156. The van der Waals surface area contributed by atoms with Crippen molar-refractivity contribution in [3.63, 3.8) is 0 Å². The Labute approximate surface area is 164 Å². The van der Waals surface area contributed by atoms with E-state index in [1.54, 1.807) is 24.3 Å². The van der Waals surface area contributed by atoms with Crippen LogP contribution in [-0.4, -0.2) is 48.3 Å². The molecule has 0 radical (unpaired) electrons. The van der Waals surface area contributed by atoms with Crippen LogP contribution in [0.25, 0.3) is 12.2 Å². The second-order valence-corrected chi connectivity index (χ2v) is 6.24. The number of hydrogen-bond acceptors (Lipinski definition) is 4. The summed E-state index contributed by atoms with van der Waals surface area (Å²) >= 11 is 0. The molecule has 0 heterocycles. The average Bonchev–Trinajstić information content (AvgIpc) is 2.73. The van der Waals surface area contributed by atoms with Crippen LogP contribution >= 0.6 is 0 Å². The summed E-state index contributed by atoms with van der Waals surface area (Å²) in [5.74, 6) is -0.311. The van der Waals surface area contributed by atoms with Gasteiger partial charge in [-0.2, -0.15) is 0 Å². The van der Waals surface area contributed by atoms with Gasteiger partial charge < -0.3 is 20.8 Å². The lowest BCUT2D eigenvalue weighted by Gasteiger charge is -2.05. The second-order valence-electron chi connectivity index (χ2n) is 6.24. The molecule has 0 saturated carbocycles. The third kappa shape index (κ3) is 6.98. The van der Waals surface area contributed by atoms with Gasteiger partial charge in [0.05, 0.1) is 0 Å². The lowest BCUT2D eigenvalue weighted by molar-refractivity contribution is 0.0942. The number of aliphatic hydroxyl groups excluding tert-OH is 2. The number of amides is 2. The number of carbonyl (C=O) groups excluding carboxylic acids is 2. The first kappa shape index (κ1) is 21.3. The Balaban J connectivity index is 1.90. The van der Waals surface area contributed by atoms with E-state index in [0.29, 0.717) is 37.1 Å². The summed E-state index contributed by atoms with van der Waals surface area (Å²) in [6, 6.07) is 14.5. The molecule has 4 N–H and O–H groups in total. The molecule has 6 nitrogen and oxygen atoms in total. The molecule has 28 heavy (non-hydrogen) atoms. The summed E-state index contributed by atoms with van der Waals surface area (Å²) in [6.07, 6.45) is 4.94. The van der Waals surface area contributed by atoms with Crippen molar-refractivity contribution in [1.82, 2.24) is 10.6 Å². The van der Waals surface area contributed by atoms with Crippen LogP contribution in [-0.2, 0) is 0 Å². The van der Waals surface area contributed by atoms with Crippen molar-refractivity contribution in [2.45, 2.75) is 12.8 Å². The van der Waals surface area contributed by atoms with Gasteiger partial charge in [0.25, 0.3) is 11.8 Å². The molecule has 0 atom stereocenters. The van der Waals surface area contributed by atoms with E-state index in [0.717, 1.165) is 11.1 Å².